The molecule has 0 aromatic carbocycles. The van der Waals surface area contributed by atoms with E-state index < -0.39 is 33.8 Å². The molecule has 0 aromatic heterocycles. The van der Waals surface area contributed by atoms with E-state index in [1.54, 1.807) is 20.8 Å². The molecule has 0 spiro atoms. The van der Waals surface area contributed by atoms with Gasteiger partial charge in [-0.25, -0.2) is 0 Å². The third-order valence-corrected chi connectivity index (χ3v) is 4.42. The Bertz CT molecular complexity index is 378. The van der Waals surface area contributed by atoms with Gasteiger partial charge in [0.1, 0.15) is 6.10 Å². The molecule has 1 heterocycles. The molecule has 0 aromatic rings. The van der Waals surface area contributed by atoms with Crippen LogP contribution in [0.5, 0.6) is 0 Å². The summed E-state index contributed by atoms with van der Waals surface area (Å²) in [6.45, 7) is 8.46. The average molecular weight is 326 g/mol. The van der Waals surface area contributed by atoms with Crippen molar-refractivity contribution in [2.75, 3.05) is 6.61 Å². The van der Waals surface area contributed by atoms with E-state index in [0.29, 0.717) is 24.6 Å². The Morgan fingerprint density at radius 1 is 1.38 bits per heavy atom. The van der Waals surface area contributed by atoms with Crippen LogP contribution in [0.2, 0.25) is 0 Å². The predicted molar refractivity (Wildman–Crippen MR) is 77.4 cm³/mol. The predicted octanol–water partition coefficient (Wildman–Crippen LogP) is 2.97. The Balaban J connectivity index is 2.78. The number of halogens is 2. The summed E-state index contributed by atoms with van der Waals surface area (Å²) in [7, 11) is 0. The highest BCUT2D eigenvalue weighted by Crippen LogP contribution is 2.38. The monoisotopic (exact) mass is 326 g/mol. The van der Waals surface area contributed by atoms with E-state index in [2.05, 4.69) is 0 Å². The van der Waals surface area contributed by atoms with Gasteiger partial charge < -0.3 is 14.6 Å². The van der Waals surface area contributed by atoms with Gasteiger partial charge >= 0.3 is 5.92 Å². The van der Waals surface area contributed by atoms with Gasteiger partial charge in [-0.2, -0.15) is 8.78 Å². The molecule has 0 bridgehead atoms. The fourth-order valence-corrected chi connectivity index (χ4v) is 2.87. The molecular weight excluding hydrogens is 302 g/mol. The number of carbonyl (C=O) groups excluding carboxylic acids is 1. The first-order valence-electron chi connectivity index (χ1n) is 7.08. The van der Waals surface area contributed by atoms with Crippen LogP contribution < -0.4 is 0 Å². The molecule has 0 amide bonds. The van der Waals surface area contributed by atoms with Crippen LogP contribution >= 0.6 is 11.8 Å². The van der Waals surface area contributed by atoms with Crippen LogP contribution in [0.3, 0.4) is 0 Å². The number of aliphatic hydroxyl groups excluding tert-OH is 1. The molecule has 0 saturated carbocycles. The molecule has 0 aliphatic carbocycles. The summed E-state index contributed by atoms with van der Waals surface area (Å²) >= 11 is 0.517. The van der Waals surface area contributed by atoms with Gasteiger partial charge in [-0.1, -0.05) is 46.4 Å². The highest BCUT2D eigenvalue weighted by atomic mass is 32.2. The number of ether oxygens (including phenoxy) is 2. The summed E-state index contributed by atoms with van der Waals surface area (Å²) in [5, 5.41) is 8.53. The first-order chi connectivity index (χ1) is 9.47. The highest BCUT2D eigenvalue weighted by Gasteiger charge is 2.55. The Morgan fingerprint density at radius 3 is 2.29 bits per heavy atom. The smallest absolute Gasteiger partial charge is 0.343 e. The second-order valence-corrected chi connectivity index (χ2v) is 7.95. The Kier molecular flexibility index (Phi) is 5.80. The molecule has 7 heteroatoms. The Hall–Kier alpha value is -0.240. The molecule has 0 unspecified atom stereocenters. The van der Waals surface area contributed by atoms with Crippen molar-refractivity contribution >= 4 is 16.9 Å². The van der Waals surface area contributed by atoms with Gasteiger partial charge in [0.05, 0.1) is 6.61 Å². The van der Waals surface area contributed by atoms with Crippen LogP contribution in [-0.2, 0) is 14.3 Å². The van der Waals surface area contributed by atoms with Crippen molar-refractivity contribution in [1.82, 2.24) is 0 Å². The molecule has 1 fully saturated rings. The number of hydrogen-bond donors (Lipinski definition) is 1. The number of alkyl halides is 2. The maximum atomic E-state index is 14.1. The number of aliphatic hydroxyl groups is 1. The lowest BCUT2D eigenvalue weighted by atomic mass is 10.1. The van der Waals surface area contributed by atoms with Gasteiger partial charge in [0.2, 0.25) is 0 Å². The summed E-state index contributed by atoms with van der Waals surface area (Å²) in [5.74, 6) is -4.81. The zero-order chi connectivity index (χ0) is 16.5. The average Bonchev–Trinajstić information content (AvgIpc) is 2.80. The minimum absolute atomic E-state index is 0.147. The van der Waals surface area contributed by atoms with E-state index in [9.17, 15) is 18.7 Å². The lowest BCUT2D eigenvalue weighted by molar-refractivity contribution is -0.204. The first kappa shape index (κ1) is 18.8. The normalized spacial score (nSPS) is 24.1. The second kappa shape index (κ2) is 6.48. The van der Waals surface area contributed by atoms with Crippen LogP contribution in [0.25, 0.3) is 0 Å². The number of hydrogen-bond acceptors (Lipinski definition) is 5. The van der Waals surface area contributed by atoms with E-state index in [1.807, 2.05) is 13.8 Å². The van der Waals surface area contributed by atoms with Gasteiger partial charge in [0.25, 0.3) is 5.12 Å². The van der Waals surface area contributed by atoms with Crippen molar-refractivity contribution in [2.45, 2.75) is 76.1 Å². The van der Waals surface area contributed by atoms with Gasteiger partial charge in [-0.15, -0.1) is 0 Å². The molecule has 2 atom stereocenters. The summed E-state index contributed by atoms with van der Waals surface area (Å²) in [6, 6.07) is 0. The van der Waals surface area contributed by atoms with E-state index in [-0.39, 0.29) is 6.61 Å². The van der Waals surface area contributed by atoms with Gasteiger partial charge in [-0.3, -0.25) is 4.79 Å². The molecule has 1 aliphatic rings. The molecule has 4 nitrogen and oxygen atoms in total. The van der Waals surface area contributed by atoms with Crippen LogP contribution in [0.4, 0.5) is 8.78 Å². The largest absolute Gasteiger partial charge is 0.383 e. The summed E-state index contributed by atoms with van der Waals surface area (Å²) < 4.78 is 38.4. The summed E-state index contributed by atoms with van der Waals surface area (Å²) in [4.78, 5) is 11.7. The number of rotatable bonds is 5. The van der Waals surface area contributed by atoms with Crippen molar-refractivity contribution in [3.63, 3.8) is 0 Å². The highest BCUT2D eigenvalue weighted by molar-refractivity contribution is 8.14. The van der Waals surface area contributed by atoms with Crippen molar-refractivity contribution in [3.8, 4) is 0 Å². The minimum Gasteiger partial charge on any atom is -0.383 e. The zero-order valence-electron chi connectivity index (χ0n) is 13.1. The summed E-state index contributed by atoms with van der Waals surface area (Å²) in [5.41, 5.74) is 0. The van der Waals surface area contributed by atoms with Crippen molar-refractivity contribution in [3.05, 3.63) is 0 Å². The van der Waals surface area contributed by atoms with Gasteiger partial charge in [0, 0.05) is 4.75 Å². The van der Waals surface area contributed by atoms with Gasteiger partial charge in [-0.05, 0) is 12.8 Å². The third kappa shape index (κ3) is 4.37. The molecule has 1 rings (SSSR count). The van der Waals surface area contributed by atoms with Gasteiger partial charge in [0.15, 0.2) is 11.9 Å². The maximum Gasteiger partial charge on any atom is 0.343 e. The van der Waals surface area contributed by atoms with Crippen LogP contribution in [-0.4, -0.2) is 45.5 Å². The van der Waals surface area contributed by atoms with Crippen LogP contribution in [0.1, 0.15) is 47.5 Å². The second-order valence-electron chi connectivity index (χ2n) is 6.15. The van der Waals surface area contributed by atoms with Crippen LogP contribution in [0.15, 0.2) is 0 Å². The van der Waals surface area contributed by atoms with E-state index in [0.717, 1.165) is 0 Å². The molecule has 1 N–H and O–H groups in total. The molecule has 0 radical (unpaired) electrons. The zero-order valence-corrected chi connectivity index (χ0v) is 13.9. The maximum absolute atomic E-state index is 14.1. The Morgan fingerprint density at radius 2 is 1.90 bits per heavy atom. The SMILES string of the molecule is CCC1(CC)OC[C@H]([C@@H](O)C(F)(F)C(=O)SC(C)(C)C)O1. The van der Waals surface area contributed by atoms with Crippen molar-refractivity contribution in [1.29, 1.82) is 0 Å². The quantitative estimate of drug-likeness (QED) is 0.842. The molecule has 1 aliphatic heterocycles. The van der Waals surface area contributed by atoms with E-state index in [1.165, 1.54) is 0 Å². The molecule has 21 heavy (non-hydrogen) atoms. The third-order valence-electron chi connectivity index (χ3n) is 3.35. The van der Waals surface area contributed by atoms with Crippen molar-refractivity contribution in [2.24, 2.45) is 0 Å². The fraction of sp³-hybridized carbons (Fsp3) is 0.929. The minimum atomic E-state index is -3.87. The van der Waals surface area contributed by atoms with Crippen LogP contribution in [0, 0.1) is 0 Å². The van der Waals surface area contributed by atoms with Crippen molar-refractivity contribution < 1.29 is 28.2 Å². The molecule has 124 valence electrons. The lowest BCUT2D eigenvalue weighted by Crippen LogP contribution is -2.49. The number of carbonyl (C=O) groups is 1. The molecular formula is C14H24F2O4S. The summed E-state index contributed by atoms with van der Waals surface area (Å²) in [6.07, 6.45) is -2.43. The van der Waals surface area contributed by atoms with E-state index in [4.69, 9.17) is 9.47 Å². The standard InChI is InChI=1S/C14H24F2O4S/c1-6-13(7-2)19-8-9(20-13)10(17)14(15,16)11(18)21-12(3,4)5/h9-10,17H,6-8H2,1-5H3/t9-,10-/m1/s1. The molecule has 1 saturated heterocycles. The fourth-order valence-electron chi connectivity index (χ4n) is 2.05. The first-order valence-corrected chi connectivity index (χ1v) is 7.90. The topological polar surface area (TPSA) is 55.8 Å². The van der Waals surface area contributed by atoms with E-state index >= 15 is 0 Å². The lowest BCUT2D eigenvalue weighted by Gasteiger charge is -2.29. The Labute approximate surface area is 128 Å². The number of thioether (sulfide) groups is 1.